The van der Waals surface area contributed by atoms with E-state index in [0.717, 1.165) is 17.0 Å². The Kier molecular flexibility index (Phi) is 6.26. The number of amides is 2. The predicted molar refractivity (Wildman–Crippen MR) is 115 cm³/mol. The predicted octanol–water partition coefficient (Wildman–Crippen LogP) is 2.19. The van der Waals surface area contributed by atoms with Gasteiger partial charge in [-0.25, -0.2) is 9.67 Å². The van der Waals surface area contributed by atoms with E-state index in [2.05, 4.69) is 10.1 Å². The lowest BCUT2D eigenvalue weighted by Crippen LogP contribution is -2.50. The van der Waals surface area contributed by atoms with Gasteiger partial charge in [0.05, 0.1) is 12.8 Å². The lowest BCUT2D eigenvalue weighted by atomic mass is 10.1. The van der Waals surface area contributed by atoms with Gasteiger partial charge in [0.2, 0.25) is 5.91 Å². The number of ether oxygens (including phenoxy) is 1. The van der Waals surface area contributed by atoms with Crippen molar-refractivity contribution in [3.63, 3.8) is 0 Å². The number of rotatable bonds is 6. The van der Waals surface area contributed by atoms with Crippen molar-refractivity contribution in [1.82, 2.24) is 24.6 Å². The Bertz CT molecular complexity index is 1010. The average molecular weight is 419 g/mol. The van der Waals surface area contributed by atoms with Gasteiger partial charge in [-0.2, -0.15) is 5.10 Å². The van der Waals surface area contributed by atoms with Crippen LogP contribution in [0.15, 0.2) is 61.2 Å². The topological polar surface area (TPSA) is 80.6 Å². The Labute approximate surface area is 181 Å². The molecule has 1 saturated heterocycles. The van der Waals surface area contributed by atoms with Gasteiger partial charge in [-0.05, 0) is 48.4 Å². The standard InChI is InChI=1S/C23H25N5O3/c1-31-21-9-2-18(3-10-21)4-11-22(29)26-12-14-27(15-13-26)23(30)19-5-7-20(8-6-19)28-17-24-16-25-28/h2-3,5-10,16-17H,4,11-15H2,1H3. The number of hydrogen-bond acceptors (Lipinski definition) is 5. The van der Waals surface area contributed by atoms with E-state index in [9.17, 15) is 9.59 Å². The minimum atomic E-state index is -0.0181. The molecule has 0 radical (unpaired) electrons. The fourth-order valence-corrected chi connectivity index (χ4v) is 3.64. The normalized spacial score (nSPS) is 13.8. The van der Waals surface area contributed by atoms with Crippen molar-refractivity contribution in [3.8, 4) is 11.4 Å². The van der Waals surface area contributed by atoms with Crippen LogP contribution in [0.25, 0.3) is 5.69 Å². The number of piperazine rings is 1. The van der Waals surface area contributed by atoms with Crippen LogP contribution in [0, 0.1) is 0 Å². The molecular formula is C23H25N5O3. The first-order valence-corrected chi connectivity index (χ1v) is 10.3. The van der Waals surface area contributed by atoms with Crippen LogP contribution >= 0.6 is 0 Å². The summed E-state index contributed by atoms with van der Waals surface area (Å²) in [4.78, 5) is 33.0. The molecule has 3 aromatic rings. The molecule has 2 amide bonds. The molecule has 0 saturated carbocycles. The molecule has 1 aromatic heterocycles. The van der Waals surface area contributed by atoms with E-state index in [1.165, 1.54) is 6.33 Å². The van der Waals surface area contributed by atoms with Crippen LogP contribution < -0.4 is 4.74 Å². The number of carbonyl (C=O) groups is 2. The first-order chi connectivity index (χ1) is 15.1. The van der Waals surface area contributed by atoms with Crippen molar-refractivity contribution in [2.75, 3.05) is 33.3 Å². The highest BCUT2D eigenvalue weighted by atomic mass is 16.5. The maximum absolute atomic E-state index is 12.8. The van der Waals surface area contributed by atoms with Crippen LogP contribution in [-0.4, -0.2) is 69.7 Å². The molecule has 1 aliphatic rings. The Morgan fingerprint density at radius 1 is 0.935 bits per heavy atom. The molecule has 8 heteroatoms. The maximum atomic E-state index is 12.8. The zero-order valence-corrected chi connectivity index (χ0v) is 17.5. The van der Waals surface area contributed by atoms with Gasteiger partial charge in [-0.1, -0.05) is 12.1 Å². The summed E-state index contributed by atoms with van der Waals surface area (Å²) in [6.07, 6.45) is 4.24. The highest BCUT2D eigenvalue weighted by molar-refractivity contribution is 5.94. The van der Waals surface area contributed by atoms with E-state index in [1.807, 2.05) is 41.3 Å². The van der Waals surface area contributed by atoms with Crippen molar-refractivity contribution < 1.29 is 14.3 Å². The number of carbonyl (C=O) groups excluding carboxylic acids is 2. The van der Waals surface area contributed by atoms with Gasteiger partial charge in [-0.3, -0.25) is 9.59 Å². The summed E-state index contributed by atoms with van der Waals surface area (Å²) in [6.45, 7) is 2.20. The summed E-state index contributed by atoms with van der Waals surface area (Å²) in [5.74, 6) is 0.916. The van der Waals surface area contributed by atoms with Crippen molar-refractivity contribution in [1.29, 1.82) is 0 Å². The van der Waals surface area contributed by atoms with Crippen LogP contribution in [0.2, 0.25) is 0 Å². The first kappa shape index (κ1) is 20.6. The van der Waals surface area contributed by atoms with Gasteiger partial charge < -0.3 is 14.5 Å². The Balaban J connectivity index is 1.26. The van der Waals surface area contributed by atoms with Crippen molar-refractivity contribution in [2.45, 2.75) is 12.8 Å². The van der Waals surface area contributed by atoms with Crippen LogP contribution in [0.4, 0.5) is 0 Å². The summed E-state index contributed by atoms with van der Waals surface area (Å²) in [5.41, 5.74) is 2.58. The van der Waals surface area contributed by atoms with Gasteiger partial charge in [-0.15, -0.1) is 0 Å². The second kappa shape index (κ2) is 9.42. The Morgan fingerprint density at radius 2 is 1.61 bits per heavy atom. The number of aromatic nitrogens is 3. The van der Waals surface area contributed by atoms with E-state index in [0.29, 0.717) is 44.6 Å². The molecule has 31 heavy (non-hydrogen) atoms. The highest BCUT2D eigenvalue weighted by Crippen LogP contribution is 2.15. The van der Waals surface area contributed by atoms with E-state index < -0.39 is 0 Å². The summed E-state index contributed by atoms with van der Waals surface area (Å²) in [6, 6.07) is 15.1. The zero-order valence-electron chi connectivity index (χ0n) is 17.5. The van der Waals surface area contributed by atoms with E-state index >= 15 is 0 Å². The van der Waals surface area contributed by atoms with E-state index in [1.54, 1.807) is 35.2 Å². The first-order valence-electron chi connectivity index (χ1n) is 10.3. The SMILES string of the molecule is COc1ccc(CCC(=O)N2CCN(C(=O)c3ccc(-n4cncn4)cc3)CC2)cc1. The zero-order chi connectivity index (χ0) is 21.6. The molecule has 4 rings (SSSR count). The molecule has 8 nitrogen and oxygen atoms in total. The molecule has 0 N–H and O–H groups in total. The van der Waals surface area contributed by atoms with E-state index in [-0.39, 0.29) is 11.8 Å². The molecular weight excluding hydrogens is 394 g/mol. The summed E-state index contributed by atoms with van der Waals surface area (Å²) in [7, 11) is 1.64. The fourth-order valence-electron chi connectivity index (χ4n) is 3.64. The van der Waals surface area contributed by atoms with Crippen molar-refractivity contribution in [3.05, 3.63) is 72.3 Å². The highest BCUT2D eigenvalue weighted by Gasteiger charge is 2.24. The third kappa shape index (κ3) is 4.91. The van der Waals surface area contributed by atoms with Crippen LogP contribution in [0.3, 0.4) is 0 Å². The minimum absolute atomic E-state index is 0.0181. The molecule has 1 fully saturated rings. The average Bonchev–Trinajstić information content (AvgIpc) is 3.38. The largest absolute Gasteiger partial charge is 0.497 e. The van der Waals surface area contributed by atoms with E-state index in [4.69, 9.17) is 4.74 Å². The van der Waals surface area contributed by atoms with Crippen molar-refractivity contribution >= 4 is 11.8 Å². The number of nitrogens with zero attached hydrogens (tertiary/aromatic N) is 5. The summed E-state index contributed by atoms with van der Waals surface area (Å²) in [5, 5.41) is 4.08. The Hall–Kier alpha value is -3.68. The molecule has 2 aromatic carbocycles. The van der Waals surface area contributed by atoms with Crippen LogP contribution in [0.1, 0.15) is 22.3 Å². The quantitative estimate of drug-likeness (QED) is 0.612. The number of aryl methyl sites for hydroxylation is 1. The molecule has 0 atom stereocenters. The number of benzene rings is 2. The fraction of sp³-hybridized carbons (Fsp3) is 0.304. The van der Waals surface area contributed by atoms with Gasteiger partial charge in [0.25, 0.3) is 5.91 Å². The van der Waals surface area contributed by atoms with Crippen molar-refractivity contribution in [2.24, 2.45) is 0 Å². The minimum Gasteiger partial charge on any atom is -0.497 e. The maximum Gasteiger partial charge on any atom is 0.253 e. The monoisotopic (exact) mass is 419 g/mol. The lowest BCUT2D eigenvalue weighted by molar-refractivity contribution is -0.132. The van der Waals surface area contributed by atoms with Gasteiger partial charge in [0, 0.05) is 38.2 Å². The molecule has 0 bridgehead atoms. The molecule has 0 aliphatic carbocycles. The molecule has 1 aliphatic heterocycles. The second-order valence-electron chi connectivity index (χ2n) is 7.41. The molecule has 0 unspecified atom stereocenters. The third-order valence-corrected chi connectivity index (χ3v) is 5.50. The van der Waals surface area contributed by atoms with Crippen LogP contribution in [-0.2, 0) is 11.2 Å². The lowest BCUT2D eigenvalue weighted by Gasteiger charge is -2.35. The summed E-state index contributed by atoms with van der Waals surface area (Å²) < 4.78 is 6.80. The van der Waals surface area contributed by atoms with Gasteiger partial charge in [0.1, 0.15) is 18.4 Å². The van der Waals surface area contributed by atoms with Gasteiger partial charge >= 0.3 is 0 Å². The number of methoxy groups -OCH3 is 1. The van der Waals surface area contributed by atoms with Gasteiger partial charge in [0.15, 0.2) is 0 Å². The van der Waals surface area contributed by atoms with Crippen LogP contribution in [0.5, 0.6) is 5.75 Å². The third-order valence-electron chi connectivity index (χ3n) is 5.50. The number of hydrogen-bond donors (Lipinski definition) is 0. The molecule has 2 heterocycles. The smallest absolute Gasteiger partial charge is 0.253 e. The molecule has 0 spiro atoms. The Morgan fingerprint density at radius 3 is 2.23 bits per heavy atom. The summed E-state index contributed by atoms with van der Waals surface area (Å²) >= 11 is 0. The molecule has 160 valence electrons. The second-order valence-corrected chi connectivity index (χ2v) is 7.41.